The van der Waals surface area contributed by atoms with Crippen molar-refractivity contribution in [1.29, 1.82) is 0 Å². The highest BCUT2D eigenvalue weighted by molar-refractivity contribution is 7.00. The molecule has 396 valence electrons. The summed E-state index contributed by atoms with van der Waals surface area (Å²) in [6.07, 6.45) is 9.81. The SMILES string of the molecule is CC(C)c1ccc2c(c1)N(c1ccc(C(C)(C)C)cc1C1=CC=C=C=C1)c1cc(N3c4ccc(C(C)(C)C)cc4C4(C)CC(C(C)(C)C)CCC34C)cc3c1B2c1ccc(C(C)(C)C)cc1N3c1cccc(C(C)(C)C)c1. The van der Waals surface area contributed by atoms with Gasteiger partial charge in [0.2, 0.25) is 0 Å². The summed E-state index contributed by atoms with van der Waals surface area (Å²) in [5.41, 5.74) is 30.9. The van der Waals surface area contributed by atoms with Gasteiger partial charge in [0.15, 0.2) is 0 Å². The third-order valence-corrected chi connectivity index (χ3v) is 19.2. The Balaban J connectivity index is 1.30. The minimum absolute atomic E-state index is 0.0111. The zero-order valence-corrected chi connectivity index (χ0v) is 50.3. The lowest BCUT2D eigenvalue weighted by molar-refractivity contribution is 0.0786. The standard InChI is InChI=1S/C73H86BN3/c1-46(2)48-28-32-58-62(38-48)76(60-34-30-50(68(6,7)8)40-56(60)47-24-21-20-22-25-47)65-44-55(77-61-35-31-51(69(9,10)11)41-57(61)72(18)45-53(71(15,16)17)36-37-73(72,77)19)43-64-66(65)74(58)59-33-29-52(70(12,13)14)42-63(59)75(64)54-27-23-26-49(39-54)67(3,4)5/h21,23-35,38-44,46,53H,36-37,45H2,1-19H3. The normalized spacial score (nSPS) is 20.8. The number of rotatable bonds is 5. The van der Waals surface area contributed by atoms with E-state index in [9.17, 15) is 0 Å². The maximum atomic E-state index is 3.37. The molecule has 2 aliphatic carbocycles. The van der Waals surface area contributed by atoms with E-state index in [0.717, 1.165) is 18.4 Å². The highest BCUT2D eigenvalue weighted by Gasteiger charge is 2.61. The smallest absolute Gasteiger partial charge is 0.252 e. The third kappa shape index (κ3) is 8.55. The summed E-state index contributed by atoms with van der Waals surface area (Å²) in [5, 5.41) is 0. The number of nitrogens with zero attached hydrogens (tertiary/aromatic N) is 3. The Bertz CT molecular complexity index is 3540. The van der Waals surface area contributed by atoms with Crippen LogP contribution in [0.2, 0.25) is 0 Å². The lowest BCUT2D eigenvalue weighted by atomic mass is 9.33. The second-order valence-corrected chi connectivity index (χ2v) is 29.7. The van der Waals surface area contributed by atoms with Crippen LogP contribution in [0.4, 0.5) is 45.5 Å². The lowest BCUT2D eigenvalue weighted by Crippen LogP contribution is -2.62. The molecule has 0 saturated heterocycles. The molecule has 6 aromatic carbocycles. The van der Waals surface area contributed by atoms with Gasteiger partial charge in [-0.2, -0.15) is 0 Å². The van der Waals surface area contributed by atoms with Crippen molar-refractivity contribution in [2.45, 2.75) is 189 Å². The van der Waals surface area contributed by atoms with E-state index in [1.165, 1.54) is 107 Å². The number of hydrogen-bond donors (Lipinski definition) is 0. The van der Waals surface area contributed by atoms with Gasteiger partial charge in [0.05, 0.1) is 11.2 Å². The maximum Gasteiger partial charge on any atom is 0.252 e. The van der Waals surface area contributed by atoms with Crippen LogP contribution in [-0.4, -0.2) is 12.3 Å². The summed E-state index contributed by atoms with van der Waals surface area (Å²) in [6.45, 7) is 45.6. The predicted octanol–water partition coefficient (Wildman–Crippen LogP) is 18.4. The van der Waals surface area contributed by atoms with E-state index in [0.29, 0.717) is 11.8 Å². The molecule has 5 aliphatic rings. The van der Waals surface area contributed by atoms with E-state index in [1.54, 1.807) is 0 Å². The van der Waals surface area contributed by atoms with E-state index in [2.05, 4.69) is 279 Å². The summed E-state index contributed by atoms with van der Waals surface area (Å²) in [7, 11) is 0. The molecule has 0 spiro atoms. The van der Waals surface area contributed by atoms with Gasteiger partial charge in [0, 0.05) is 50.8 Å². The highest BCUT2D eigenvalue weighted by atomic mass is 15.3. The van der Waals surface area contributed by atoms with Crippen LogP contribution in [0.25, 0.3) is 5.57 Å². The van der Waals surface area contributed by atoms with Gasteiger partial charge in [-0.05, 0) is 193 Å². The number of benzene rings is 6. The first-order valence-electron chi connectivity index (χ1n) is 29.1. The molecule has 1 saturated carbocycles. The fraction of sp³-hybridized carbons (Fsp3) is 0.425. The summed E-state index contributed by atoms with van der Waals surface area (Å²) < 4.78 is 0. The fourth-order valence-electron chi connectivity index (χ4n) is 13.9. The Kier molecular flexibility index (Phi) is 12.1. The van der Waals surface area contributed by atoms with Gasteiger partial charge in [-0.15, -0.1) is 0 Å². The molecule has 3 heterocycles. The Labute approximate surface area is 465 Å². The zero-order chi connectivity index (χ0) is 55.3. The second-order valence-electron chi connectivity index (χ2n) is 29.7. The van der Waals surface area contributed by atoms with E-state index in [1.807, 2.05) is 6.08 Å². The molecule has 0 N–H and O–H groups in total. The average Bonchev–Trinajstić information content (AvgIpc) is 3.74. The van der Waals surface area contributed by atoms with Gasteiger partial charge in [0.1, 0.15) is 0 Å². The van der Waals surface area contributed by atoms with Crippen LogP contribution in [0, 0.1) is 11.3 Å². The first kappa shape index (κ1) is 52.9. The highest BCUT2D eigenvalue weighted by Crippen LogP contribution is 2.64. The topological polar surface area (TPSA) is 9.72 Å². The molecule has 6 aromatic rings. The van der Waals surface area contributed by atoms with Gasteiger partial charge >= 0.3 is 0 Å². The number of fused-ring (bicyclic) bond motifs is 7. The first-order chi connectivity index (χ1) is 35.9. The number of allylic oxidation sites excluding steroid dienone is 4. The fourth-order valence-corrected chi connectivity index (χ4v) is 13.9. The molecule has 1 fully saturated rings. The van der Waals surface area contributed by atoms with E-state index >= 15 is 0 Å². The molecule has 3 unspecified atom stereocenters. The molecular formula is C73H86BN3. The Morgan fingerprint density at radius 3 is 1.73 bits per heavy atom. The van der Waals surface area contributed by atoms with Crippen LogP contribution in [0.15, 0.2) is 139 Å². The van der Waals surface area contributed by atoms with Gasteiger partial charge in [-0.25, -0.2) is 0 Å². The van der Waals surface area contributed by atoms with E-state index < -0.39 is 0 Å². The van der Waals surface area contributed by atoms with Crippen molar-refractivity contribution in [2.75, 3.05) is 14.7 Å². The van der Waals surface area contributed by atoms with Crippen LogP contribution >= 0.6 is 0 Å². The average molecular weight is 1020 g/mol. The first-order valence-corrected chi connectivity index (χ1v) is 29.1. The Morgan fingerprint density at radius 1 is 0.545 bits per heavy atom. The molecule has 3 nitrogen and oxygen atoms in total. The minimum atomic E-state index is -0.213. The molecule has 0 radical (unpaired) electrons. The van der Waals surface area contributed by atoms with Crippen molar-refractivity contribution in [3.05, 3.63) is 178 Å². The molecule has 0 amide bonds. The molecule has 77 heavy (non-hydrogen) atoms. The number of hydrogen-bond acceptors (Lipinski definition) is 3. The van der Waals surface area contributed by atoms with Crippen LogP contribution in [0.1, 0.15) is 196 Å². The molecule has 11 rings (SSSR count). The summed E-state index contributed by atoms with van der Waals surface area (Å²) in [4.78, 5) is 8.22. The minimum Gasteiger partial charge on any atom is -0.334 e. The van der Waals surface area contributed by atoms with E-state index in [-0.39, 0.29) is 44.7 Å². The quantitative estimate of drug-likeness (QED) is 0.126. The van der Waals surface area contributed by atoms with Crippen molar-refractivity contribution in [1.82, 2.24) is 0 Å². The van der Waals surface area contributed by atoms with Crippen molar-refractivity contribution in [2.24, 2.45) is 11.3 Å². The summed E-state index contributed by atoms with van der Waals surface area (Å²) in [6, 6.07) is 44.5. The molecule has 0 bridgehead atoms. The van der Waals surface area contributed by atoms with Crippen LogP contribution < -0.4 is 31.1 Å². The molecular weight excluding hydrogens is 930 g/mol. The van der Waals surface area contributed by atoms with Gasteiger partial charge in [-0.3, -0.25) is 0 Å². The van der Waals surface area contributed by atoms with Crippen molar-refractivity contribution in [3.63, 3.8) is 0 Å². The maximum absolute atomic E-state index is 3.37. The Hall–Kier alpha value is -6.18. The molecule has 3 aliphatic heterocycles. The second kappa shape index (κ2) is 17.7. The molecule has 3 atom stereocenters. The third-order valence-electron chi connectivity index (χ3n) is 19.2. The lowest BCUT2D eigenvalue weighted by Gasteiger charge is -2.55. The molecule has 0 aromatic heterocycles. The van der Waals surface area contributed by atoms with Crippen LogP contribution in [0.5, 0.6) is 0 Å². The Morgan fingerprint density at radius 2 is 1.12 bits per heavy atom. The zero-order valence-electron chi connectivity index (χ0n) is 50.3. The van der Waals surface area contributed by atoms with Crippen molar-refractivity contribution in [3.8, 4) is 0 Å². The number of anilines is 8. The van der Waals surface area contributed by atoms with Crippen LogP contribution in [-0.2, 0) is 27.1 Å². The van der Waals surface area contributed by atoms with Gasteiger partial charge in [-0.1, -0.05) is 191 Å². The summed E-state index contributed by atoms with van der Waals surface area (Å²) >= 11 is 0. The van der Waals surface area contributed by atoms with Gasteiger partial charge < -0.3 is 14.7 Å². The monoisotopic (exact) mass is 1020 g/mol. The molecule has 4 heteroatoms. The van der Waals surface area contributed by atoms with Gasteiger partial charge in [0.25, 0.3) is 6.71 Å². The van der Waals surface area contributed by atoms with Crippen LogP contribution in [0.3, 0.4) is 0 Å². The van der Waals surface area contributed by atoms with Crippen molar-refractivity contribution < 1.29 is 0 Å². The van der Waals surface area contributed by atoms with Crippen molar-refractivity contribution >= 4 is 74.2 Å². The largest absolute Gasteiger partial charge is 0.334 e. The predicted molar refractivity (Wildman–Crippen MR) is 335 cm³/mol. The summed E-state index contributed by atoms with van der Waals surface area (Å²) in [5.74, 6) is 0.937. The van der Waals surface area contributed by atoms with E-state index in [4.69, 9.17) is 0 Å².